The topological polar surface area (TPSA) is 29.9 Å². The molecule has 1 unspecified atom stereocenters. The van der Waals surface area contributed by atoms with Gasteiger partial charge < -0.3 is 5.32 Å². The van der Waals surface area contributed by atoms with Crippen molar-refractivity contribution in [3.8, 4) is 0 Å². The summed E-state index contributed by atoms with van der Waals surface area (Å²) in [5.74, 6) is 0. The van der Waals surface area contributed by atoms with Crippen LogP contribution in [-0.4, -0.2) is 15.8 Å². The largest absolute Gasteiger partial charge is 0.379 e. The van der Waals surface area contributed by atoms with Crippen molar-refractivity contribution in [2.24, 2.45) is 12.5 Å². The summed E-state index contributed by atoms with van der Waals surface area (Å²) < 4.78 is 1.96. The lowest BCUT2D eigenvalue weighted by Gasteiger charge is -2.18. The molecule has 1 heterocycles. The zero-order chi connectivity index (χ0) is 11.9. The number of hydrogen-bond donors (Lipinski definition) is 1. The summed E-state index contributed by atoms with van der Waals surface area (Å²) in [5.41, 5.74) is 4.10. The zero-order valence-corrected chi connectivity index (χ0v) is 11.1. The van der Waals surface area contributed by atoms with Crippen LogP contribution >= 0.6 is 0 Å². The molecule has 3 nitrogen and oxygen atoms in total. The summed E-state index contributed by atoms with van der Waals surface area (Å²) in [6.45, 7) is 8.92. The van der Waals surface area contributed by atoms with Crippen LogP contribution in [0.25, 0.3) is 0 Å². The fourth-order valence-corrected chi connectivity index (χ4v) is 2.75. The highest BCUT2D eigenvalue weighted by Gasteiger charge is 2.31. The van der Waals surface area contributed by atoms with Crippen molar-refractivity contribution in [1.29, 1.82) is 0 Å². The molecule has 0 radical (unpaired) electrons. The van der Waals surface area contributed by atoms with E-state index in [9.17, 15) is 0 Å². The molecule has 3 heteroatoms. The quantitative estimate of drug-likeness (QED) is 0.832. The molecule has 1 saturated carbocycles. The van der Waals surface area contributed by atoms with Gasteiger partial charge in [-0.2, -0.15) is 5.10 Å². The maximum absolute atomic E-state index is 4.44. The van der Waals surface area contributed by atoms with Crippen LogP contribution in [0, 0.1) is 19.3 Å². The van der Waals surface area contributed by atoms with E-state index < -0.39 is 0 Å². The highest BCUT2D eigenvalue weighted by atomic mass is 15.3. The van der Waals surface area contributed by atoms with E-state index >= 15 is 0 Å². The number of hydrogen-bond acceptors (Lipinski definition) is 2. The van der Waals surface area contributed by atoms with Crippen LogP contribution in [0.4, 0.5) is 5.69 Å². The summed E-state index contributed by atoms with van der Waals surface area (Å²) in [5, 5.41) is 8.11. The number of aromatic nitrogens is 2. The zero-order valence-electron chi connectivity index (χ0n) is 11.1. The SMILES string of the molecule is Cc1nn(C)c(C)c1NC1CCC(C)(C)C1. The molecule has 0 aliphatic heterocycles. The van der Waals surface area contributed by atoms with E-state index in [1.165, 1.54) is 30.6 Å². The van der Waals surface area contributed by atoms with Crippen LogP contribution in [0.1, 0.15) is 44.5 Å². The van der Waals surface area contributed by atoms with Crippen LogP contribution < -0.4 is 5.32 Å². The summed E-state index contributed by atoms with van der Waals surface area (Å²) in [7, 11) is 2.01. The second kappa shape index (κ2) is 3.79. The van der Waals surface area contributed by atoms with Gasteiger partial charge >= 0.3 is 0 Å². The Labute approximate surface area is 98.2 Å². The number of aryl methyl sites for hydroxylation is 2. The summed E-state index contributed by atoms with van der Waals surface area (Å²) in [4.78, 5) is 0. The van der Waals surface area contributed by atoms with Crippen LogP contribution in [0.2, 0.25) is 0 Å². The van der Waals surface area contributed by atoms with Gasteiger partial charge in [0.1, 0.15) is 0 Å². The first-order chi connectivity index (χ1) is 7.39. The number of rotatable bonds is 2. The minimum Gasteiger partial charge on any atom is -0.379 e. The Bertz CT molecular complexity index is 390. The molecule has 0 saturated heterocycles. The lowest BCUT2D eigenvalue weighted by molar-refractivity contribution is 0.378. The minimum absolute atomic E-state index is 0.502. The molecular weight excluding hydrogens is 198 g/mol. The third-order valence-corrected chi connectivity index (χ3v) is 3.83. The highest BCUT2D eigenvalue weighted by Crippen LogP contribution is 2.38. The first-order valence-electron chi connectivity index (χ1n) is 6.16. The van der Waals surface area contributed by atoms with Gasteiger partial charge in [-0.15, -0.1) is 0 Å². The average Bonchev–Trinajstić information content (AvgIpc) is 2.62. The molecule has 1 N–H and O–H groups in total. The van der Waals surface area contributed by atoms with E-state index in [4.69, 9.17) is 0 Å². The second-order valence-corrected chi connectivity index (χ2v) is 5.92. The number of anilines is 1. The average molecular weight is 221 g/mol. The van der Waals surface area contributed by atoms with Crippen molar-refractivity contribution in [2.75, 3.05) is 5.32 Å². The molecule has 1 aliphatic rings. The fraction of sp³-hybridized carbons (Fsp3) is 0.769. The third-order valence-electron chi connectivity index (χ3n) is 3.83. The van der Waals surface area contributed by atoms with Gasteiger partial charge in [-0.05, 0) is 38.5 Å². The van der Waals surface area contributed by atoms with Crippen molar-refractivity contribution in [2.45, 2.75) is 53.0 Å². The molecule has 1 atom stereocenters. The van der Waals surface area contributed by atoms with Crippen molar-refractivity contribution in [1.82, 2.24) is 9.78 Å². The van der Waals surface area contributed by atoms with Gasteiger partial charge in [-0.3, -0.25) is 4.68 Å². The number of nitrogens with one attached hydrogen (secondary N) is 1. The Morgan fingerprint density at radius 1 is 1.38 bits per heavy atom. The van der Waals surface area contributed by atoms with Gasteiger partial charge in [0, 0.05) is 13.1 Å². The molecule has 0 bridgehead atoms. The van der Waals surface area contributed by atoms with Gasteiger partial charge in [-0.1, -0.05) is 13.8 Å². The van der Waals surface area contributed by atoms with Crippen LogP contribution in [0.5, 0.6) is 0 Å². The van der Waals surface area contributed by atoms with Crippen molar-refractivity contribution in [3.63, 3.8) is 0 Å². The molecule has 1 aromatic rings. The van der Waals surface area contributed by atoms with Gasteiger partial charge in [0.25, 0.3) is 0 Å². The molecule has 0 spiro atoms. The van der Waals surface area contributed by atoms with Gasteiger partial charge in [0.05, 0.1) is 17.1 Å². The summed E-state index contributed by atoms with van der Waals surface area (Å²) in [6.07, 6.45) is 3.87. The van der Waals surface area contributed by atoms with E-state index in [2.05, 4.69) is 38.1 Å². The van der Waals surface area contributed by atoms with Crippen molar-refractivity contribution < 1.29 is 0 Å². The predicted octanol–water partition coefficient (Wildman–Crippen LogP) is 3.03. The summed E-state index contributed by atoms with van der Waals surface area (Å²) in [6, 6.07) is 0.622. The Morgan fingerprint density at radius 2 is 2.06 bits per heavy atom. The predicted molar refractivity (Wildman–Crippen MR) is 67.7 cm³/mol. The Kier molecular flexibility index (Phi) is 2.72. The molecule has 1 aliphatic carbocycles. The first kappa shape index (κ1) is 11.5. The summed E-state index contributed by atoms with van der Waals surface area (Å²) >= 11 is 0. The van der Waals surface area contributed by atoms with E-state index in [0.29, 0.717) is 11.5 Å². The smallest absolute Gasteiger partial charge is 0.0827 e. The van der Waals surface area contributed by atoms with Gasteiger partial charge in [0.2, 0.25) is 0 Å². The standard InChI is InChI=1S/C13H23N3/c1-9-12(10(2)16(5)15-9)14-11-6-7-13(3,4)8-11/h11,14H,6-8H2,1-5H3. The van der Waals surface area contributed by atoms with Crippen LogP contribution in [-0.2, 0) is 7.05 Å². The third kappa shape index (κ3) is 2.08. The molecule has 90 valence electrons. The van der Waals surface area contributed by atoms with Gasteiger partial charge in [0.15, 0.2) is 0 Å². The van der Waals surface area contributed by atoms with Crippen LogP contribution in [0.3, 0.4) is 0 Å². The van der Waals surface area contributed by atoms with Crippen molar-refractivity contribution in [3.05, 3.63) is 11.4 Å². The lowest BCUT2D eigenvalue weighted by Crippen LogP contribution is -2.18. The normalized spacial score (nSPS) is 23.7. The Morgan fingerprint density at radius 3 is 2.50 bits per heavy atom. The molecule has 16 heavy (non-hydrogen) atoms. The molecule has 1 aromatic heterocycles. The first-order valence-corrected chi connectivity index (χ1v) is 6.16. The molecule has 0 aromatic carbocycles. The molecule has 1 fully saturated rings. The van der Waals surface area contributed by atoms with E-state index in [0.717, 1.165) is 5.69 Å². The van der Waals surface area contributed by atoms with Crippen molar-refractivity contribution >= 4 is 5.69 Å². The second-order valence-electron chi connectivity index (χ2n) is 5.92. The van der Waals surface area contributed by atoms with E-state index in [-0.39, 0.29) is 0 Å². The van der Waals surface area contributed by atoms with Crippen LogP contribution in [0.15, 0.2) is 0 Å². The Hall–Kier alpha value is -0.990. The van der Waals surface area contributed by atoms with E-state index in [1.807, 2.05) is 11.7 Å². The Balaban J connectivity index is 2.10. The molecular formula is C13H23N3. The highest BCUT2D eigenvalue weighted by molar-refractivity contribution is 5.52. The monoisotopic (exact) mass is 221 g/mol. The molecule has 0 amide bonds. The fourth-order valence-electron chi connectivity index (χ4n) is 2.75. The lowest BCUT2D eigenvalue weighted by atomic mass is 9.92. The molecule has 2 rings (SSSR count). The number of nitrogens with zero attached hydrogens (tertiary/aromatic N) is 2. The minimum atomic E-state index is 0.502. The van der Waals surface area contributed by atoms with Gasteiger partial charge in [-0.25, -0.2) is 0 Å². The maximum atomic E-state index is 4.44. The van der Waals surface area contributed by atoms with E-state index in [1.54, 1.807) is 0 Å². The maximum Gasteiger partial charge on any atom is 0.0827 e.